The summed E-state index contributed by atoms with van der Waals surface area (Å²) in [6.07, 6.45) is 7.98. The van der Waals surface area contributed by atoms with Crippen LogP contribution >= 0.6 is 23.5 Å². The summed E-state index contributed by atoms with van der Waals surface area (Å²) in [6.45, 7) is 0.0333. The van der Waals surface area contributed by atoms with Gasteiger partial charge in [0.25, 0.3) is 0 Å². The number of hydrogen-bond acceptors (Lipinski definition) is 7. The predicted octanol–water partition coefficient (Wildman–Crippen LogP) is 5.88. The second-order valence-electron chi connectivity index (χ2n) is 11.8. The van der Waals surface area contributed by atoms with Crippen molar-refractivity contribution in [3.05, 3.63) is 70.7 Å². The number of nitrogens with one attached hydrogen (secondary N) is 3. The summed E-state index contributed by atoms with van der Waals surface area (Å²) >= 11 is 6.98. The van der Waals surface area contributed by atoms with Crippen molar-refractivity contribution < 1.29 is 28.7 Å². The van der Waals surface area contributed by atoms with E-state index in [0.29, 0.717) is 17.4 Å². The van der Waals surface area contributed by atoms with Gasteiger partial charge >= 0.3 is 12.1 Å². The van der Waals surface area contributed by atoms with E-state index in [1.54, 1.807) is 24.3 Å². The largest absolute Gasteiger partial charge is 0.467 e. The van der Waals surface area contributed by atoms with Crippen LogP contribution in [0.1, 0.15) is 75.3 Å². The molecule has 2 saturated carbocycles. The fraction of sp³-hybridized carbons (Fsp3) is 0.515. The van der Waals surface area contributed by atoms with Crippen molar-refractivity contribution >= 4 is 47.4 Å². The standard InChI is InChI=1S/C33H42ClN3O6S/c1-42-31(40)27(15-16-29(38)36-33(17-18-33)21-24-11-6-3-7-12-24)35-30(39)28(20-23-9-4-2-5-10-23)44-37-32(41)43-22-25-13-8-14-26(34)19-25/h3,6-8,11-14,19,23,27-28H,2,4-5,9-10,15-18,20-22H2,1H3,(H,35,39)(H,36,38)(H,37,41)/t27-,28-/m0/s1. The van der Waals surface area contributed by atoms with Gasteiger partial charge in [-0.3, -0.25) is 14.3 Å². The maximum absolute atomic E-state index is 13.5. The molecule has 3 amide bonds. The van der Waals surface area contributed by atoms with Crippen LogP contribution in [0.2, 0.25) is 5.02 Å². The average molecular weight is 644 g/mol. The number of rotatable bonds is 15. The second-order valence-corrected chi connectivity index (χ2v) is 13.2. The number of carbonyl (C=O) groups is 4. The predicted molar refractivity (Wildman–Crippen MR) is 171 cm³/mol. The highest BCUT2D eigenvalue weighted by molar-refractivity contribution is 7.99. The lowest BCUT2D eigenvalue weighted by molar-refractivity contribution is -0.145. The zero-order chi connectivity index (χ0) is 31.4. The van der Waals surface area contributed by atoms with Gasteiger partial charge in [-0.1, -0.05) is 86.2 Å². The third kappa shape index (κ3) is 11.0. The second kappa shape index (κ2) is 16.7. The van der Waals surface area contributed by atoms with E-state index >= 15 is 0 Å². The number of methoxy groups -OCH3 is 1. The van der Waals surface area contributed by atoms with E-state index in [0.717, 1.165) is 68.0 Å². The van der Waals surface area contributed by atoms with Crippen LogP contribution in [0.25, 0.3) is 0 Å². The number of halogens is 1. The maximum Gasteiger partial charge on any atom is 0.417 e. The van der Waals surface area contributed by atoms with Gasteiger partial charge in [-0.2, -0.15) is 0 Å². The summed E-state index contributed by atoms with van der Waals surface area (Å²) in [5.74, 6) is -0.849. The van der Waals surface area contributed by atoms with E-state index in [-0.39, 0.29) is 30.9 Å². The Balaban J connectivity index is 1.31. The smallest absolute Gasteiger partial charge is 0.417 e. The summed E-state index contributed by atoms with van der Waals surface area (Å²) in [6, 6.07) is 16.0. The molecular weight excluding hydrogens is 602 g/mol. The molecule has 0 heterocycles. The van der Waals surface area contributed by atoms with Crippen LogP contribution in [0.5, 0.6) is 0 Å². The number of carbonyl (C=O) groups excluding carboxylic acids is 4. The zero-order valence-corrected chi connectivity index (χ0v) is 26.7. The highest BCUT2D eigenvalue weighted by Gasteiger charge is 2.43. The van der Waals surface area contributed by atoms with E-state index in [2.05, 4.69) is 15.4 Å². The Kier molecular flexibility index (Phi) is 12.8. The Labute approximate surface area is 268 Å². The van der Waals surface area contributed by atoms with Crippen LogP contribution in [0, 0.1) is 5.92 Å². The van der Waals surface area contributed by atoms with Gasteiger partial charge in [0.05, 0.1) is 7.11 Å². The van der Waals surface area contributed by atoms with Gasteiger partial charge in [0, 0.05) is 17.0 Å². The monoisotopic (exact) mass is 643 g/mol. The minimum atomic E-state index is -0.994. The lowest BCUT2D eigenvalue weighted by Crippen LogP contribution is -2.47. The molecule has 0 spiro atoms. The Morgan fingerprint density at radius 3 is 2.41 bits per heavy atom. The van der Waals surface area contributed by atoms with E-state index < -0.39 is 29.3 Å². The highest BCUT2D eigenvalue weighted by Crippen LogP contribution is 2.38. The number of hydrogen-bond donors (Lipinski definition) is 3. The molecular formula is C33H42ClN3O6S. The van der Waals surface area contributed by atoms with Gasteiger partial charge in [-0.25, -0.2) is 9.59 Å². The summed E-state index contributed by atoms with van der Waals surface area (Å²) in [7, 11) is 1.26. The molecule has 9 nitrogen and oxygen atoms in total. The zero-order valence-electron chi connectivity index (χ0n) is 25.1. The number of ether oxygens (including phenoxy) is 2. The third-order valence-corrected chi connectivity index (χ3v) is 9.42. The number of benzene rings is 2. The molecule has 2 aromatic carbocycles. The molecule has 0 saturated heterocycles. The van der Waals surface area contributed by atoms with Crippen LogP contribution in [-0.4, -0.2) is 47.8 Å². The first-order valence-corrected chi connectivity index (χ1v) is 16.6. The van der Waals surface area contributed by atoms with Crippen LogP contribution in [-0.2, 0) is 36.9 Å². The molecule has 2 aliphatic rings. The molecule has 44 heavy (non-hydrogen) atoms. The van der Waals surface area contributed by atoms with Crippen LogP contribution in [0.3, 0.4) is 0 Å². The van der Waals surface area contributed by atoms with Gasteiger partial charge in [0.15, 0.2) is 0 Å². The van der Waals surface area contributed by atoms with Gasteiger partial charge in [-0.05, 0) is 73.2 Å². The molecule has 2 atom stereocenters. The molecule has 2 fully saturated rings. The van der Waals surface area contributed by atoms with Gasteiger partial charge in [-0.15, -0.1) is 0 Å². The molecule has 0 bridgehead atoms. The van der Waals surface area contributed by atoms with Crippen LogP contribution in [0.4, 0.5) is 4.79 Å². The van der Waals surface area contributed by atoms with E-state index in [1.807, 2.05) is 30.3 Å². The Morgan fingerprint density at radius 1 is 1.00 bits per heavy atom. The molecule has 2 aliphatic carbocycles. The third-order valence-electron chi connectivity index (χ3n) is 8.21. The van der Waals surface area contributed by atoms with Crippen molar-refractivity contribution in [3.63, 3.8) is 0 Å². The van der Waals surface area contributed by atoms with Crippen LogP contribution in [0.15, 0.2) is 54.6 Å². The number of esters is 1. The quantitative estimate of drug-likeness (QED) is 0.164. The first-order valence-electron chi connectivity index (χ1n) is 15.3. The molecule has 3 N–H and O–H groups in total. The van der Waals surface area contributed by atoms with Gasteiger partial charge in [0.1, 0.15) is 17.9 Å². The minimum absolute atomic E-state index is 0.0333. The molecule has 2 aromatic rings. The SMILES string of the molecule is COC(=O)[C@H](CCC(=O)NC1(Cc2ccccc2)CC1)NC(=O)[C@H](CC1CCCCC1)SNC(=O)OCc1cccc(Cl)c1. The summed E-state index contributed by atoms with van der Waals surface area (Å²) in [5, 5.41) is 5.83. The molecule has 0 aromatic heterocycles. The molecule has 0 radical (unpaired) electrons. The molecule has 0 aliphatic heterocycles. The Hall–Kier alpha value is -3.24. The van der Waals surface area contributed by atoms with Crippen molar-refractivity contribution in [1.29, 1.82) is 0 Å². The lowest BCUT2D eigenvalue weighted by atomic mass is 9.86. The first kappa shape index (κ1) is 33.6. The highest BCUT2D eigenvalue weighted by atomic mass is 35.5. The molecule has 4 rings (SSSR count). The van der Waals surface area contributed by atoms with Crippen molar-refractivity contribution in [1.82, 2.24) is 15.4 Å². The first-order chi connectivity index (χ1) is 21.2. The summed E-state index contributed by atoms with van der Waals surface area (Å²) < 4.78 is 12.9. The Morgan fingerprint density at radius 2 is 1.73 bits per heavy atom. The van der Waals surface area contributed by atoms with Crippen LogP contribution < -0.4 is 15.4 Å². The average Bonchev–Trinajstić information content (AvgIpc) is 3.78. The Bertz CT molecular complexity index is 1270. The van der Waals surface area contributed by atoms with E-state index in [4.69, 9.17) is 21.1 Å². The normalized spacial score (nSPS) is 17.0. The topological polar surface area (TPSA) is 123 Å². The van der Waals surface area contributed by atoms with Gasteiger partial charge < -0.3 is 20.1 Å². The lowest BCUT2D eigenvalue weighted by Gasteiger charge is -2.27. The minimum Gasteiger partial charge on any atom is -0.467 e. The van der Waals surface area contributed by atoms with E-state index in [9.17, 15) is 19.2 Å². The van der Waals surface area contributed by atoms with E-state index in [1.165, 1.54) is 13.5 Å². The van der Waals surface area contributed by atoms with Crippen molar-refractivity contribution in [2.75, 3.05) is 7.11 Å². The van der Waals surface area contributed by atoms with Crippen molar-refractivity contribution in [2.24, 2.45) is 5.92 Å². The fourth-order valence-electron chi connectivity index (χ4n) is 5.63. The summed E-state index contributed by atoms with van der Waals surface area (Å²) in [5.41, 5.74) is 1.65. The molecule has 11 heteroatoms. The fourth-order valence-corrected chi connectivity index (χ4v) is 6.69. The van der Waals surface area contributed by atoms with Gasteiger partial charge in [0.2, 0.25) is 11.8 Å². The van der Waals surface area contributed by atoms with Crippen molar-refractivity contribution in [3.8, 4) is 0 Å². The maximum atomic E-state index is 13.5. The van der Waals surface area contributed by atoms with Crippen molar-refractivity contribution in [2.45, 2.75) is 94.1 Å². The molecule has 0 unspecified atom stereocenters. The number of amides is 3. The summed E-state index contributed by atoms with van der Waals surface area (Å²) in [4.78, 5) is 51.5. The molecule has 238 valence electrons.